The van der Waals surface area contributed by atoms with Crippen LogP contribution in [0.2, 0.25) is 0 Å². The molecule has 2 aliphatic carbocycles. The summed E-state index contributed by atoms with van der Waals surface area (Å²) in [6.45, 7) is 1.80. The van der Waals surface area contributed by atoms with Crippen LogP contribution in [0.25, 0.3) is 0 Å². The highest BCUT2D eigenvalue weighted by atomic mass is 15.2. The van der Waals surface area contributed by atoms with Gasteiger partial charge in [-0.25, -0.2) is 0 Å². The maximum absolute atomic E-state index is 5.98. The van der Waals surface area contributed by atoms with Gasteiger partial charge in [-0.3, -0.25) is 0 Å². The third-order valence-electron chi connectivity index (χ3n) is 5.35. The van der Waals surface area contributed by atoms with Crippen molar-refractivity contribution in [2.75, 3.05) is 29.0 Å². The minimum Gasteiger partial charge on any atom is -0.368 e. The van der Waals surface area contributed by atoms with Crippen molar-refractivity contribution in [2.45, 2.75) is 44.2 Å². The number of hydrogen-bond acceptors (Lipinski definition) is 6. The van der Waals surface area contributed by atoms with E-state index < -0.39 is 0 Å². The number of nitrogen functional groups attached to an aromatic ring is 1. The van der Waals surface area contributed by atoms with Crippen LogP contribution >= 0.6 is 0 Å². The summed E-state index contributed by atoms with van der Waals surface area (Å²) in [4.78, 5) is 10.9. The lowest BCUT2D eigenvalue weighted by atomic mass is 9.95. The fourth-order valence-corrected chi connectivity index (χ4v) is 4.30. The second kappa shape index (κ2) is 5.02. The normalized spacial score (nSPS) is 34.6. The lowest BCUT2D eigenvalue weighted by Gasteiger charge is -2.24. The zero-order valence-electron chi connectivity index (χ0n) is 12.3. The Bertz CT molecular complexity index is 533. The predicted molar refractivity (Wildman–Crippen MR) is 84.1 cm³/mol. The molecule has 1 saturated heterocycles. The molecule has 2 heterocycles. The van der Waals surface area contributed by atoms with Gasteiger partial charge in [-0.15, -0.1) is 0 Å². The third-order valence-corrected chi connectivity index (χ3v) is 5.35. The molecule has 4 rings (SSSR count). The Morgan fingerprint density at radius 2 is 2.10 bits per heavy atom. The van der Waals surface area contributed by atoms with Crippen LogP contribution in [0.4, 0.5) is 17.6 Å². The monoisotopic (exact) mass is 288 g/mol. The van der Waals surface area contributed by atoms with Crippen LogP contribution in [0.3, 0.4) is 0 Å². The fraction of sp³-hybridized carbons (Fsp3) is 0.733. The molecular weight excluding hydrogens is 264 g/mol. The molecule has 0 amide bonds. The molecule has 0 unspecified atom stereocenters. The highest BCUT2D eigenvalue weighted by Crippen LogP contribution is 2.45. The van der Waals surface area contributed by atoms with Gasteiger partial charge in [0.15, 0.2) is 0 Å². The second-order valence-corrected chi connectivity index (χ2v) is 6.89. The quantitative estimate of drug-likeness (QED) is 0.774. The molecule has 1 aliphatic heterocycles. The lowest BCUT2D eigenvalue weighted by molar-refractivity contribution is 0.439. The smallest absolute Gasteiger partial charge is 0.223 e. The minimum absolute atomic E-state index is 0.239. The summed E-state index contributed by atoms with van der Waals surface area (Å²) in [6.07, 6.45) is 6.44. The number of nitrogens with one attached hydrogen (secondary N) is 1. The average Bonchev–Trinajstić information content (AvgIpc) is 3.14. The summed E-state index contributed by atoms with van der Waals surface area (Å²) in [5.41, 5.74) is 11.9. The van der Waals surface area contributed by atoms with Crippen LogP contribution in [0.1, 0.15) is 32.1 Å². The van der Waals surface area contributed by atoms with E-state index in [4.69, 9.17) is 11.5 Å². The van der Waals surface area contributed by atoms with E-state index in [9.17, 15) is 0 Å². The molecule has 0 aromatic carbocycles. The molecule has 5 N–H and O–H groups in total. The Labute approximate surface area is 125 Å². The standard InChI is InChI=1S/C15H24N6/c16-11-3-4-21(8-11)14-7-13(19-15(17)20-14)18-12-6-9-1-2-10(12)5-9/h7,9-12H,1-6,8,16H2,(H3,17,18,19,20)/t9-,10+,11-,12-/m0/s1. The topological polar surface area (TPSA) is 93.1 Å². The molecule has 21 heavy (non-hydrogen) atoms. The number of anilines is 3. The number of nitrogens with zero attached hydrogens (tertiary/aromatic N) is 3. The van der Waals surface area contributed by atoms with Crippen LogP contribution in [0.15, 0.2) is 6.07 Å². The van der Waals surface area contributed by atoms with Gasteiger partial charge >= 0.3 is 0 Å². The average molecular weight is 288 g/mol. The molecule has 1 aromatic heterocycles. The van der Waals surface area contributed by atoms with Crippen molar-refractivity contribution in [3.05, 3.63) is 6.07 Å². The first kappa shape index (κ1) is 13.1. The Balaban J connectivity index is 1.51. The summed E-state index contributed by atoms with van der Waals surface area (Å²) < 4.78 is 0. The zero-order valence-corrected chi connectivity index (χ0v) is 12.3. The highest BCUT2D eigenvalue weighted by molar-refractivity contribution is 5.53. The summed E-state index contributed by atoms with van der Waals surface area (Å²) in [5.74, 6) is 3.85. The molecule has 3 fully saturated rings. The van der Waals surface area contributed by atoms with Gasteiger partial charge in [-0.1, -0.05) is 6.42 Å². The Kier molecular flexibility index (Phi) is 3.14. The van der Waals surface area contributed by atoms with E-state index >= 15 is 0 Å². The molecule has 0 spiro atoms. The Morgan fingerprint density at radius 3 is 2.76 bits per heavy atom. The van der Waals surface area contributed by atoms with Crippen molar-refractivity contribution in [3.63, 3.8) is 0 Å². The van der Waals surface area contributed by atoms with Crippen molar-refractivity contribution >= 4 is 17.6 Å². The predicted octanol–water partition coefficient (Wildman–Crippen LogP) is 1.20. The van der Waals surface area contributed by atoms with Crippen LogP contribution < -0.4 is 21.7 Å². The van der Waals surface area contributed by atoms with E-state index in [1.807, 2.05) is 6.07 Å². The highest BCUT2D eigenvalue weighted by Gasteiger charge is 2.39. The van der Waals surface area contributed by atoms with E-state index in [0.29, 0.717) is 12.0 Å². The first-order valence-corrected chi connectivity index (χ1v) is 8.09. The van der Waals surface area contributed by atoms with Gasteiger partial charge in [-0.05, 0) is 37.5 Å². The summed E-state index contributed by atoms with van der Waals surface area (Å²) in [6, 6.07) is 2.83. The summed E-state index contributed by atoms with van der Waals surface area (Å²) >= 11 is 0. The maximum Gasteiger partial charge on any atom is 0.223 e. The summed E-state index contributed by atoms with van der Waals surface area (Å²) in [7, 11) is 0. The van der Waals surface area contributed by atoms with E-state index in [1.54, 1.807) is 0 Å². The van der Waals surface area contributed by atoms with E-state index in [2.05, 4.69) is 20.2 Å². The van der Waals surface area contributed by atoms with Gasteiger partial charge < -0.3 is 21.7 Å². The molecule has 2 bridgehead atoms. The van der Waals surface area contributed by atoms with Crippen molar-refractivity contribution in [1.82, 2.24) is 9.97 Å². The molecule has 0 radical (unpaired) electrons. The van der Waals surface area contributed by atoms with Crippen LogP contribution in [-0.2, 0) is 0 Å². The first-order chi connectivity index (χ1) is 10.2. The molecule has 6 nitrogen and oxygen atoms in total. The van der Waals surface area contributed by atoms with E-state index in [-0.39, 0.29) is 6.04 Å². The van der Waals surface area contributed by atoms with Crippen LogP contribution in [-0.4, -0.2) is 35.1 Å². The SMILES string of the molecule is Nc1nc(N[C@H]2C[C@H]3CC[C@@H]2C3)cc(N2CC[C@H](N)C2)n1. The van der Waals surface area contributed by atoms with Crippen molar-refractivity contribution in [1.29, 1.82) is 0 Å². The van der Waals surface area contributed by atoms with Gasteiger partial charge in [0.05, 0.1) is 0 Å². The number of nitrogens with two attached hydrogens (primary N) is 2. The van der Waals surface area contributed by atoms with Crippen molar-refractivity contribution in [3.8, 4) is 0 Å². The number of aromatic nitrogens is 2. The van der Waals surface area contributed by atoms with E-state index in [1.165, 1.54) is 25.7 Å². The van der Waals surface area contributed by atoms with E-state index in [0.717, 1.165) is 43.0 Å². The maximum atomic E-state index is 5.98. The molecular formula is C15H24N6. The number of rotatable bonds is 3. The molecule has 114 valence electrons. The van der Waals surface area contributed by atoms with Gasteiger partial charge in [0.2, 0.25) is 5.95 Å². The lowest BCUT2D eigenvalue weighted by Crippen LogP contribution is -2.28. The Hall–Kier alpha value is -1.56. The number of hydrogen-bond donors (Lipinski definition) is 3. The second-order valence-electron chi connectivity index (χ2n) is 6.89. The Morgan fingerprint density at radius 1 is 1.19 bits per heavy atom. The zero-order chi connectivity index (χ0) is 14.4. The molecule has 6 heteroatoms. The largest absolute Gasteiger partial charge is 0.368 e. The summed E-state index contributed by atoms with van der Waals surface area (Å²) in [5, 5.41) is 3.60. The van der Waals surface area contributed by atoms with Gasteiger partial charge in [0, 0.05) is 31.2 Å². The fourth-order valence-electron chi connectivity index (χ4n) is 4.30. The van der Waals surface area contributed by atoms with Gasteiger partial charge in [0.1, 0.15) is 11.6 Å². The number of fused-ring (bicyclic) bond motifs is 2. The van der Waals surface area contributed by atoms with Crippen molar-refractivity contribution < 1.29 is 0 Å². The molecule has 4 atom stereocenters. The third kappa shape index (κ3) is 2.52. The van der Waals surface area contributed by atoms with Crippen molar-refractivity contribution in [2.24, 2.45) is 17.6 Å². The molecule has 2 saturated carbocycles. The van der Waals surface area contributed by atoms with Gasteiger partial charge in [-0.2, -0.15) is 9.97 Å². The first-order valence-electron chi connectivity index (χ1n) is 8.09. The van der Waals surface area contributed by atoms with Crippen LogP contribution in [0, 0.1) is 11.8 Å². The van der Waals surface area contributed by atoms with Crippen LogP contribution in [0.5, 0.6) is 0 Å². The minimum atomic E-state index is 0.239. The molecule has 3 aliphatic rings. The molecule has 1 aromatic rings. The van der Waals surface area contributed by atoms with Gasteiger partial charge in [0.25, 0.3) is 0 Å².